The smallest absolute Gasteiger partial charge is 0.322 e. The molecular weight excluding hydrogens is 456 g/mol. The maximum Gasteiger partial charge on any atom is 0.322 e. The van der Waals surface area contributed by atoms with Crippen molar-refractivity contribution in [3.8, 4) is 0 Å². The van der Waals surface area contributed by atoms with Gasteiger partial charge < -0.3 is 14.3 Å². The van der Waals surface area contributed by atoms with Gasteiger partial charge in [-0.05, 0) is 46.9 Å². The number of nitrogens with zero attached hydrogens (tertiary/aromatic N) is 3. The number of anilines is 3. The highest BCUT2D eigenvalue weighted by Gasteiger charge is 2.22. The molecule has 26 heavy (non-hydrogen) atoms. The quantitative estimate of drug-likeness (QED) is 0.439. The van der Waals surface area contributed by atoms with Gasteiger partial charge in [-0.15, -0.1) is 5.10 Å². The van der Waals surface area contributed by atoms with Crippen molar-refractivity contribution >= 4 is 51.8 Å². The first-order chi connectivity index (χ1) is 12.4. The zero-order valence-electron chi connectivity index (χ0n) is 13.7. The van der Waals surface area contributed by atoms with Gasteiger partial charge in [0.05, 0.1) is 16.9 Å². The Hall–Kier alpha value is -2.76. The van der Waals surface area contributed by atoms with Crippen LogP contribution in [0.3, 0.4) is 0 Å². The van der Waals surface area contributed by atoms with Gasteiger partial charge in [0.15, 0.2) is 5.78 Å². The molecule has 0 bridgehead atoms. The standard InChI is InChI=1S/C16H13FIN5O3/c1-8(24)13-6-10(15(25)21-16-22-19-7-26-16)14(23(13)2)20-12-4-3-9(18)5-11(12)17/h3-7,20H,1-2H3,(H,21,22,25). The Morgan fingerprint density at radius 3 is 2.69 bits per heavy atom. The van der Waals surface area contributed by atoms with Gasteiger partial charge in [-0.1, -0.05) is 5.10 Å². The molecule has 3 rings (SSSR count). The fraction of sp³-hybridized carbons (Fsp3) is 0.125. The fourth-order valence-electron chi connectivity index (χ4n) is 2.38. The number of carbonyl (C=O) groups is 2. The first kappa shape index (κ1) is 18.0. The molecule has 0 aliphatic rings. The third-order valence-corrected chi connectivity index (χ3v) is 4.27. The van der Waals surface area contributed by atoms with Crippen LogP contribution in [0.1, 0.15) is 27.8 Å². The molecule has 10 heteroatoms. The van der Waals surface area contributed by atoms with Crippen LogP contribution in [0, 0.1) is 9.39 Å². The minimum Gasteiger partial charge on any atom is -0.411 e. The van der Waals surface area contributed by atoms with Crippen LogP contribution in [0.15, 0.2) is 35.1 Å². The highest BCUT2D eigenvalue weighted by Crippen LogP contribution is 2.28. The molecule has 1 amide bonds. The third-order valence-electron chi connectivity index (χ3n) is 3.60. The molecule has 2 N–H and O–H groups in total. The van der Waals surface area contributed by atoms with Gasteiger partial charge in [-0.25, -0.2) is 4.39 Å². The number of halogens is 2. The number of hydrogen-bond donors (Lipinski definition) is 2. The fourth-order valence-corrected chi connectivity index (χ4v) is 2.83. The average Bonchev–Trinajstić information content (AvgIpc) is 3.18. The lowest BCUT2D eigenvalue weighted by Crippen LogP contribution is -2.14. The Labute approximate surface area is 160 Å². The van der Waals surface area contributed by atoms with Crippen LogP contribution in [0.25, 0.3) is 0 Å². The van der Waals surface area contributed by atoms with E-state index >= 15 is 0 Å². The summed E-state index contributed by atoms with van der Waals surface area (Å²) in [5.41, 5.74) is 0.594. The minimum atomic E-state index is -0.578. The Morgan fingerprint density at radius 1 is 1.31 bits per heavy atom. The molecule has 0 aliphatic carbocycles. The molecule has 2 heterocycles. The van der Waals surface area contributed by atoms with Crippen molar-refractivity contribution in [2.75, 3.05) is 10.6 Å². The number of Topliss-reactive ketones (excluding diaryl/α,β-unsaturated/α-hetero) is 1. The molecule has 0 spiro atoms. The van der Waals surface area contributed by atoms with Crippen molar-refractivity contribution in [3.63, 3.8) is 0 Å². The molecule has 8 nitrogen and oxygen atoms in total. The molecule has 0 aliphatic heterocycles. The van der Waals surface area contributed by atoms with Gasteiger partial charge >= 0.3 is 6.01 Å². The van der Waals surface area contributed by atoms with Crippen molar-refractivity contribution in [1.29, 1.82) is 0 Å². The van der Waals surface area contributed by atoms with Crippen LogP contribution >= 0.6 is 22.6 Å². The minimum absolute atomic E-state index is 0.0883. The first-order valence-corrected chi connectivity index (χ1v) is 8.45. The molecule has 0 fully saturated rings. The lowest BCUT2D eigenvalue weighted by Gasteiger charge is -2.12. The largest absolute Gasteiger partial charge is 0.411 e. The van der Waals surface area contributed by atoms with Crippen molar-refractivity contribution in [3.05, 3.63) is 51.3 Å². The zero-order valence-corrected chi connectivity index (χ0v) is 15.9. The monoisotopic (exact) mass is 469 g/mol. The van der Waals surface area contributed by atoms with E-state index in [9.17, 15) is 14.0 Å². The van der Waals surface area contributed by atoms with Crippen molar-refractivity contribution < 1.29 is 18.4 Å². The molecule has 0 radical (unpaired) electrons. The van der Waals surface area contributed by atoms with E-state index in [4.69, 9.17) is 4.42 Å². The molecule has 0 atom stereocenters. The van der Waals surface area contributed by atoms with Gasteiger partial charge in [0.25, 0.3) is 5.91 Å². The van der Waals surface area contributed by atoms with E-state index in [1.165, 1.54) is 23.6 Å². The number of ketones is 1. The first-order valence-electron chi connectivity index (χ1n) is 7.37. The van der Waals surface area contributed by atoms with E-state index < -0.39 is 11.7 Å². The topological polar surface area (TPSA) is 102 Å². The number of rotatable bonds is 5. The number of aromatic nitrogens is 3. The molecule has 2 aromatic heterocycles. The van der Waals surface area contributed by atoms with Gasteiger partial charge in [-0.3, -0.25) is 14.9 Å². The lowest BCUT2D eigenvalue weighted by molar-refractivity contribution is 0.100. The second kappa shape index (κ2) is 7.23. The highest BCUT2D eigenvalue weighted by atomic mass is 127. The Morgan fingerprint density at radius 2 is 2.08 bits per heavy atom. The van der Waals surface area contributed by atoms with Crippen molar-refractivity contribution in [2.24, 2.45) is 7.05 Å². The highest BCUT2D eigenvalue weighted by molar-refractivity contribution is 14.1. The second-order valence-corrected chi connectivity index (χ2v) is 6.60. The van der Waals surface area contributed by atoms with E-state index in [1.54, 1.807) is 19.2 Å². The normalized spacial score (nSPS) is 10.6. The Bertz CT molecular complexity index is 984. The summed E-state index contributed by atoms with van der Waals surface area (Å²) in [5, 5.41) is 12.4. The summed E-state index contributed by atoms with van der Waals surface area (Å²) in [6.45, 7) is 1.38. The van der Waals surface area contributed by atoms with E-state index in [0.717, 1.165) is 9.96 Å². The average molecular weight is 469 g/mol. The molecule has 1 aromatic carbocycles. The summed E-state index contributed by atoms with van der Waals surface area (Å²) in [4.78, 5) is 24.4. The van der Waals surface area contributed by atoms with Crippen LogP contribution in [0.2, 0.25) is 0 Å². The zero-order chi connectivity index (χ0) is 18.8. The predicted octanol–water partition coefficient (Wildman–Crippen LogP) is 3.35. The number of amides is 1. The summed E-state index contributed by atoms with van der Waals surface area (Å²) >= 11 is 2.00. The van der Waals surface area contributed by atoms with Gasteiger partial charge in [-0.2, -0.15) is 0 Å². The Balaban J connectivity index is 2.01. The van der Waals surface area contributed by atoms with Gasteiger partial charge in [0.1, 0.15) is 11.6 Å². The SMILES string of the molecule is CC(=O)c1cc(C(=O)Nc2nnco2)c(Nc2ccc(I)cc2F)n1C. The van der Waals surface area contributed by atoms with Gasteiger partial charge in [0, 0.05) is 17.5 Å². The van der Waals surface area contributed by atoms with Crippen LogP contribution in [-0.2, 0) is 7.05 Å². The van der Waals surface area contributed by atoms with E-state index in [2.05, 4.69) is 20.8 Å². The Kier molecular flexibility index (Phi) is 5.02. The van der Waals surface area contributed by atoms with Crippen LogP contribution in [0.5, 0.6) is 0 Å². The molecule has 3 aromatic rings. The third kappa shape index (κ3) is 3.59. The number of benzene rings is 1. The molecule has 0 unspecified atom stereocenters. The second-order valence-electron chi connectivity index (χ2n) is 5.35. The van der Waals surface area contributed by atoms with Gasteiger partial charge in [0.2, 0.25) is 6.39 Å². The number of hydrogen-bond acceptors (Lipinski definition) is 6. The molecule has 0 saturated heterocycles. The van der Waals surface area contributed by atoms with E-state index in [-0.39, 0.29) is 34.6 Å². The molecular formula is C16H13FIN5O3. The van der Waals surface area contributed by atoms with Crippen molar-refractivity contribution in [1.82, 2.24) is 14.8 Å². The molecule has 134 valence electrons. The summed E-state index contributed by atoms with van der Waals surface area (Å²) in [7, 11) is 1.60. The van der Waals surface area contributed by atoms with Crippen molar-refractivity contribution in [2.45, 2.75) is 6.92 Å². The van der Waals surface area contributed by atoms with Crippen LogP contribution in [-0.4, -0.2) is 26.5 Å². The van der Waals surface area contributed by atoms with Crippen LogP contribution < -0.4 is 10.6 Å². The summed E-state index contributed by atoms with van der Waals surface area (Å²) in [6.07, 6.45) is 1.07. The number of carbonyl (C=O) groups excluding carboxylic acids is 2. The lowest BCUT2D eigenvalue weighted by atomic mass is 10.2. The number of nitrogens with one attached hydrogen (secondary N) is 2. The maximum atomic E-state index is 14.2. The van der Waals surface area contributed by atoms with E-state index in [1.807, 2.05) is 22.6 Å². The summed E-state index contributed by atoms with van der Waals surface area (Å²) in [6, 6.07) is 5.96. The molecule has 0 saturated carbocycles. The summed E-state index contributed by atoms with van der Waals surface area (Å²) < 4.78 is 21.3. The summed E-state index contributed by atoms with van der Waals surface area (Å²) in [5.74, 6) is -1.04. The van der Waals surface area contributed by atoms with E-state index in [0.29, 0.717) is 0 Å². The predicted molar refractivity (Wildman–Crippen MR) is 100 cm³/mol. The maximum absolute atomic E-state index is 14.2. The van der Waals surface area contributed by atoms with Crippen LogP contribution in [0.4, 0.5) is 21.9 Å².